The molecule has 1 aliphatic heterocycles. The molecule has 0 saturated heterocycles. The molecule has 0 radical (unpaired) electrons. The van der Waals surface area contributed by atoms with E-state index < -0.39 is 17.0 Å². The number of hydrogen-bond donors (Lipinski definition) is 2. The van der Waals surface area contributed by atoms with Crippen LogP contribution < -0.4 is 15.6 Å². The maximum absolute atomic E-state index is 14.9. The number of aromatic nitrogens is 3. The number of aryl methyl sites for hydroxylation is 2. The van der Waals surface area contributed by atoms with Crippen molar-refractivity contribution in [1.29, 1.82) is 0 Å². The first-order valence-electron chi connectivity index (χ1n) is 11.4. The molecular formula is C27H28ClFN4O3. The van der Waals surface area contributed by atoms with Gasteiger partial charge in [0.1, 0.15) is 23.0 Å². The normalized spacial score (nSPS) is 17.5. The second-order valence-electron chi connectivity index (χ2n) is 9.44. The average molecular weight is 511 g/mol. The zero-order valence-electron chi connectivity index (χ0n) is 20.8. The number of pyridine rings is 3. The summed E-state index contributed by atoms with van der Waals surface area (Å²) in [7, 11) is 0. The minimum absolute atomic E-state index is 0.0976. The van der Waals surface area contributed by atoms with Crippen LogP contribution in [0.3, 0.4) is 0 Å². The molecule has 9 heteroatoms. The van der Waals surface area contributed by atoms with E-state index in [9.17, 15) is 14.3 Å². The molecule has 2 N–H and O–H groups in total. The largest absolute Gasteiger partial charge is 0.486 e. The van der Waals surface area contributed by atoms with E-state index >= 15 is 0 Å². The van der Waals surface area contributed by atoms with Crippen molar-refractivity contribution in [2.75, 3.05) is 6.61 Å². The van der Waals surface area contributed by atoms with Crippen molar-refractivity contribution >= 4 is 11.6 Å². The van der Waals surface area contributed by atoms with Gasteiger partial charge in [-0.15, -0.1) is 0 Å². The number of nitrogens with zero attached hydrogens (tertiary/aromatic N) is 3. The van der Waals surface area contributed by atoms with E-state index in [1.54, 1.807) is 69.6 Å². The summed E-state index contributed by atoms with van der Waals surface area (Å²) in [6.07, 6.45) is 6.23. The summed E-state index contributed by atoms with van der Waals surface area (Å²) >= 11 is 6.40. The standard InChI is InChI=1S/C27H28ClFN4O3/c1-16-9-10-27(29,31-13-16)15-36-22-11-18(3)33(25(34)24(22)28)21-12-20(30-14-17(21)2)19-7-6-8-23(32-19)26(4,5)35/h6-14,31,35H,15H2,1-5H3. The molecule has 0 aliphatic carbocycles. The molecule has 188 valence electrons. The molecular weight excluding hydrogens is 483 g/mol. The van der Waals surface area contributed by atoms with Crippen LogP contribution in [0.1, 0.15) is 37.7 Å². The average Bonchev–Trinajstić information content (AvgIpc) is 2.83. The van der Waals surface area contributed by atoms with Crippen molar-refractivity contribution in [3.63, 3.8) is 0 Å². The Morgan fingerprint density at radius 1 is 1.22 bits per heavy atom. The molecule has 0 bridgehead atoms. The topological polar surface area (TPSA) is 89.3 Å². The molecule has 3 aromatic rings. The molecule has 4 rings (SSSR count). The number of allylic oxidation sites excluding steroid dienone is 2. The summed E-state index contributed by atoms with van der Waals surface area (Å²) in [6, 6.07) is 8.67. The third kappa shape index (κ3) is 5.20. The van der Waals surface area contributed by atoms with Gasteiger partial charge < -0.3 is 15.2 Å². The van der Waals surface area contributed by atoms with Crippen molar-refractivity contribution in [1.82, 2.24) is 19.9 Å². The van der Waals surface area contributed by atoms with Gasteiger partial charge in [-0.1, -0.05) is 23.7 Å². The van der Waals surface area contributed by atoms with Crippen molar-refractivity contribution in [2.24, 2.45) is 0 Å². The van der Waals surface area contributed by atoms with Gasteiger partial charge in [0.05, 0.1) is 22.8 Å². The Balaban J connectivity index is 1.69. The lowest BCUT2D eigenvalue weighted by Gasteiger charge is -2.26. The minimum Gasteiger partial charge on any atom is -0.486 e. The van der Waals surface area contributed by atoms with E-state index in [0.29, 0.717) is 28.5 Å². The van der Waals surface area contributed by atoms with Crippen LogP contribution in [0, 0.1) is 13.8 Å². The molecule has 0 amide bonds. The van der Waals surface area contributed by atoms with Gasteiger partial charge in [-0.25, -0.2) is 9.37 Å². The number of ether oxygens (including phenoxy) is 1. The molecule has 1 atom stereocenters. The van der Waals surface area contributed by atoms with Gasteiger partial charge in [-0.2, -0.15) is 0 Å². The van der Waals surface area contributed by atoms with Gasteiger partial charge >= 0.3 is 0 Å². The van der Waals surface area contributed by atoms with E-state index in [1.165, 1.54) is 10.6 Å². The smallest absolute Gasteiger partial charge is 0.277 e. The number of nitrogens with one attached hydrogen (secondary N) is 1. The molecule has 3 aromatic heterocycles. The number of aliphatic hydroxyl groups is 1. The van der Waals surface area contributed by atoms with Crippen molar-refractivity contribution < 1.29 is 14.2 Å². The van der Waals surface area contributed by atoms with Crippen LogP contribution in [0.25, 0.3) is 17.1 Å². The van der Waals surface area contributed by atoms with Gasteiger partial charge in [0.25, 0.3) is 5.56 Å². The maximum Gasteiger partial charge on any atom is 0.277 e. The van der Waals surface area contributed by atoms with Crippen molar-refractivity contribution in [2.45, 2.75) is 46.0 Å². The fourth-order valence-electron chi connectivity index (χ4n) is 3.76. The van der Waals surface area contributed by atoms with Gasteiger partial charge in [0.2, 0.25) is 5.79 Å². The first-order chi connectivity index (χ1) is 16.9. The summed E-state index contributed by atoms with van der Waals surface area (Å²) in [5.74, 6) is -1.81. The van der Waals surface area contributed by atoms with E-state index in [-0.39, 0.29) is 17.4 Å². The predicted octanol–water partition coefficient (Wildman–Crippen LogP) is 4.90. The van der Waals surface area contributed by atoms with Crippen LogP contribution in [0.4, 0.5) is 4.39 Å². The van der Waals surface area contributed by atoms with E-state index in [2.05, 4.69) is 15.3 Å². The highest BCUT2D eigenvalue weighted by atomic mass is 35.5. The molecule has 4 heterocycles. The fraction of sp³-hybridized carbons (Fsp3) is 0.296. The molecule has 0 aromatic carbocycles. The van der Waals surface area contributed by atoms with E-state index in [4.69, 9.17) is 16.3 Å². The molecule has 7 nitrogen and oxygen atoms in total. The lowest BCUT2D eigenvalue weighted by Crippen LogP contribution is -2.43. The summed E-state index contributed by atoms with van der Waals surface area (Å²) in [4.78, 5) is 22.3. The number of dihydropyridines is 1. The second-order valence-corrected chi connectivity index (χ2v) is 9.82. The highest BCUT2D eigenvalue weighted by Crippen LogP contribution is 2.28. The van der Waals surface area contributed by atoms with Gasteiger partial charge in [0.15, 0.2) is 0 Å². The number of rotatable bonds is 6. The number of halogens is 2. The van der Waals surface area contributed by atoms with Gasteiger partial charge in [-0.3, -0.25) is 14.3 Å². The minimum atomic E-state index is -1.91. The SMILES string of the molecule is CC1=CNC(F)(COc2cc(C)n(-c3cc(-c4cccc(C(C)(C)O)n4)ncc3C)c(=O)c2Cl)C=C1. The van der Waals surface area contributed by atoms with Crippen molar-refractivity contribution in [3.8, 4) is 22.8 Å². The molecule has 0 fully saturated rings. The van der Waals surface area contributed by atoms with Crippen LogP contribution in [-0.2, 0) is 5.60 Å². The highest BCUT2D eigenvalue weighted by molar-refractivity contribution is 6.31. The summed E-state index contributed by atoms with van der Waals surface area (Å²) in [5.41, 5.74) is 2.72. The molecule has 36 heavy (non-hydrogen) atoms. The monoisotopic (exact) mass is 510 g/mol. The molecule has 0 saturated carbocycles. The first kappa shape index (κ1) is 25.6. The third-order valence-electron chi connectivity index (χ3n) is 5.84. The van der Waals surface area contributed by atoms with Crippen LogP contribution in [0.2, 0.25) is 5.02 Å². The van der Waals surface area contributed by atoms with Crippen molar-refractivity contribution in [3.05, 3.63) is 92.8 Å². The number of hydrogen-bond acceptors (Lipinski definition) is 6. The summed E-state index contributed by atoms with van der Waals surface area (Å²) in [5, 5.41) is 12.8. The number of alkyl halides is 1. The second kappa shape index (κ2) is 9.52. The van der Waals surface area contributed by atoms with Crippen LogP contribution >= 0.6 is 11.6 Å². The van der Waals surface area contributed by atoms with Crippen LogP contribution in [0.5, 0.6) is 5.75 Å². The first-order valence-corrected chi connectivity index (χ1v) is 11.8. The Morgan fingerprint density at radius 3 is 2.64 bits per heavy atom. The summed E-state index contributed by atoms with van der Waals surface area (Å²) in [6.45, 7) is 8.37. The fourth-order valence-corrected chi connectivity index (χ4v) is 3.96. The Morgan fingerprint density at radius 2 is 1.97 bits per heavy atom. The lowest BCUT2D eigenvalue weighted by atomic mass is 10.0. The molecule has 1 unspecified atom stereocenters. The third-order valence-corrected chi connectivity index (χ3v) is 6.19. The zero-order chi connectivity index (χ0) is 26.3. The maximum atomic E-state index is 14.9. The Labute approximate surface area is 213 Å². The van der Waals surface area contributed by atoms with Gasteiger partial charge in [-0.05, 0) is 70.0 Å². The quantitative estimate of drug-likeness (QED) is 0.458. The molecule has 1 aliphatic rings. The van der Waals surface area contributed by atoms with E-state index in [1.807, 2.05) is 13.8 Å². The van der Waals surface area contributed by atoms with E-state index in [0.717, 1.165) is 11.1 Å². The Hall–Kier alpha value is -3.49. The zero-order valence-corrected chi connectivity index (χ0v) is 21.5. The predicted molar refractivity (Wildman–Crippen MR) is 138 cm³/mol. The Bertz CT molecular complexity index is 1440. The lowest BCUT2D eigenvalue weighted by molar-refractivity contribution is 0.0740. The van der Waals surface area contributed by atoms with Crippen LogP contribution in [0.15, 0.2) is 65.2 Å². The van der Waals surface area contributed by atoms with Crippen LogP contribution in [-0.4, -0.2) is 32.0 Å². The Kier molecular flexibility index (Phi) is 6.77. The highest BCUT2D eigenvalue weighted by Gasteiger charge is 2.29. The summed E-state index contributed by atoms with van der Waals surface area (Å²) < 4.78 is 22.0. The van der Waals surface area contributed by atoms with Gasteiger partial charge in [0, 0.05) is 24.2 Å². The molecule has 0 spiro atoms.